The summed E-state index contributed by atoms with van der Waals surface area (Å²) in [5, 5.41) is 0. The third kappa shape index (κ3) is 5.13. The fourth-order valence-corrected chi connectivity index (χ4v) is 3.69. The van der Waals surface area contributed by atoms with Crippen LogP contribution in [0.1, 0.15) is 18.4 Å². The highest BCUT2D eigenvalue weighted by Gasteiger charge is 2.27. The molecule has 0 saturated carbocycles. The number of aromatic nitrogens is 2. The van der Waals surface area contributed by atoms with E-state index in [0.717, 1.165) is 42.6 Å². The summed E-state index contributed by atoms with van der Waals surface area (Å²) in [5.74, 6) is 0.884. The van der Waals surface area contributed by atoms with Gasteiger partial charge >= 0.3 is 0 Å². The van der Waals surface area contributed by atoms with Gasteiger partial charge in [-0.3, -0.25) is 9.59 Å². The zero-order chi connectivity index (χ0) is 21.7. The van der Waals surface area contributed by atoms with Crippen molar-refractivity contribution in [1.82, 2.24) is 19.8 Å². The molecule has 30 heavy (non-hydrogen) atoms. The first kappa shape index (κ1) is 21.7. The van der Waals surface area contributed by atoms with Gasteiger partial charge in [0.25, 0.3) is 0 Å². The molecule has 0 radical (unpaired) electrons. The highest BCUT2D eigenvalue weighted by Crippen LogP contribution is 2.24. The van der Waals surface area contributed by atoms with E-state index in [2.05, 4.69) is 14.9 Å². The second-order valence-corrected chi connectivity index (χ2v) is 7.92. The van der Waals surface area contributed by atoms with E-state index in [-0.39, 0.29) is 24.3 Å². The van der Waals surface area contributed by atoms with Crippen molar-refractivity contribution in [2.45, 2.75) is 19.4 Å². The average Bonchev–Trinajstić information content (AvgIpc) is 2.78. The number of likely N-dealkylation sites (N-methyl/N-ethyl adjacent to an activating group) is 1. The molecule has 1 saturated heterocycles. The number of hydrogen-bond acceptors (Lipinski definition) is 6. The van der Waals surface area contributed by atoms with E-state index in [4.69, 9.17) is 5.73 Å². The molecule has 1 aliphatic rings. The molecule has 0 atom stereocenters. The lowest BCUT2D eigenvalue weighted by Crippen LogP contribution is -2.40. The highest BCUT2D eigenvalue weighted by atomic mass is 16.2. The molecule has 0 bridgehead atoms. The fourth-order valence-electron chi connectivity index (χ4n) is 3.69. The van der Waals surface area contributed by atoms with Gasteiger partial charge in [-0.25, -0.2) is 9.97 Å². The first-order valence-corrected chi connectivity index (χ1v) is 10.2. The first-order valence-electron chi connectivity index (χ1n) is 10.2. The van der Waals surface area contributed by atoms with E-state index in [9.17, 15) is 9.59 Å². The smallest absolute Gasteiger partial charge is 0.236 e. The van der Waals surface area contributed by atoms with Gasteiger partial charge in [-0.1, -0.05) is 18.2 Å². The second kappa shape index (κ2) is 9.67. The molecule has 160 valence electrons. The van der Waals surface area contributed by atoms with E-state index >= 15 is 0 Å². The van der Waals surface area contributed by atoms with Crippen molar-refractivity contribution in [1.29, 1.82) is 0 Å². The Morgan fingerprint density at radius 2 is 1.77 bits per heavy atom. The number of hydrogen-bond donors (Lipinski definition) is 1. The lowest BCUT2D eigenvalue weighted by atomic mass is 9.96. The van der Waals surface area contributed by atoms with Crippen LogP contribution >= 0.6 is 0 Å². The van der Waals surface area contributed by atoms with Crippen LogP contribution in [0.15, 0.2) is 36.7 Å². The molecule has 8 nitrogen and oxygen atoms in total. The predicted octanol–water partition coefficient (Wildman–Crippen LogP) is 1.37. The van der Waals surface area contributed by atoms with E-state index in [1.807, 2.05) is 36.7 Å². The minimum absolute atomic E-state index is 0.00600. The predicted molar refractivity (Wildman–Crippen MR) is 117 cm³/mol. The number of benzene rings is 1. The summed E-state index contributed by atoms with van der Waals surface area (Å²) < 4.78 is 0. The number of rotatable bonds is 6. The van der Waals surface area contributed by atoms with Crippen molar-refractivity contribution in [3.63, 3.8) is 0 Å². The Bertz CT molecular complexity index is 875. The SMILES string of the molecule is CN(C)C(=O)C1CCN(c2ncc(-c3cccc(CN(C)C(=O)CN)c3)cn2)CC1. The number of nitrogens with two attached hydrogens (primary N) is 1. The van der Waals surface area contributed by atoms with Crippen LogP contribution in [-0.4, -0.2) is 72.4 Å². The van der Waals surface area contributed by atoms with Crippen LogP contribution in [-0.2, 0) is 16.1 Å². The lowest BCUT2D eigenvalue weighted by Gasteiger charge is -2.32. The van der Waals surface area contributed by atoms with Gasteiger partial charge in [0.1, 0.15) is 0 Å². The summed E-state index contributed by atoms with van der Waals surface area (Å²) in [5.41, 5.74) is 8.37. The molecule has 2 aromatic rings. The monoisotopic (exact) mass is 410 g/mol. The normalized spacial score (nSPS) is 14.5. The summed E-state index contributed by atoms with van der Waals surface area (Å²) in [4.78, 5) is 38.4. The molecule has 2 N–H and O–H groups in total. The van der Waals surface area contributed by atoms with Crippen molar-refractivity contribution >= 4 is 17.8 Å². The standard InChI is InChI=1S/C22H30N6O2/c1-26(2)21(30)17-7-9-28(10-8-17)22-24-13-19(14-25-22)18-6-4-5-16(11-18)15-27(3)20(29)12-23/h4-6,11,13-14,17H,7-10,12,15,23H2,1-3H3. The van der Waals surface area contributed by atoms with Crippen LogP contribution in [0, 0.1) is 5.92 Å². The van der Waals surface area contributed by atoms with Crippen LogP contribution in [0.4, 0.5) is 5.95 Å². The van der Waals surface area contributed by atoms with Gasteiger partial charge in [-0.05, 0) is 30.0 Å². The molecule has 1 fully saturated rings. The number of carbonyl (C=O) groups excluding carboxylic acids is 2. The third-order valence-electron chi connectivity index (χ3n) is 5.49. The van der Waals surface area contributed by atoms with Gasteiger partial charge in [0.15, 0.2) is 0 Å². The fraction of sp³-hybridized carbons (Fsp3) is 0.455. The number of amides is 2. The molecule has 1 aromatic carbocycles. The van der Waals surface area contributed by atoms with Gasteiger partial charge in [0, 0.05) is 64.7 Å². The quantitative estimate of drug-likeness (QED) is 0.773. The summed E-state index contributed by atoms with van der Waals surface area (Å²) in [6, 6.07) is 7.99. The van der Waals surface area contributed by atoms with Crippen molar-refractivity contribution in [3.8, 4) is 11.1 Å². The number of anilines is 1. The maximum absolute atomic E-state index is 12.1. The number of piperidine rings is 1. The highest BCUT2D eigenvalue weighted by molar-refractivity contribution is 5.78. The Morgan fingerprint density at radius 3 is 2.37 bits per heavy atom. The zero-order valence-corrected chi connectivity index (χ0v) is 17.9. The molecule has 8 heteroatoms. The maximum Gasteiger partial charge on any atom is 0.236 e. The van der Waals surface area contributed by atoms with E-state index in [0.29, 0.717) is 12.5 Å². The Balaban J connectivity index is 1.64. The van der Waals surface area contributed by atoms with Crippen molar-refractivity contribution < 1.29 is 9.59 Å². The summed E-state index contributed by atoms with van der Waals surface area (Å²) in [6.45, 7) is 2.07. The number of carbonyl (C=O) groups is 2. The molecular weight excluding hydrogens is 380 g/mol. The van der Waals surface area contributed by atoms with Gasteiger partial charge in [-0.2, -0.15) is 0 Å². The molecule has 3 rings (SSSR count). The summed E-state index contributed by atoms with van der Waals surface area (Å²) in [6.07, 6.45) is 5.29. The Kier molecular flexibility index (Phi) is 6.99. The molecule has 0 aliphatic carbocycles. The zero-order valence-electron chi connectivity index (χ0n) is 17.9. The summed E-state index contributed by atoms with van der Waals surface area (Å²) >= 11 is 0. The van der Waals surface area contributed by atoms with E-state index in [1.54, 1.807) is 30.9 Å². The van der Waals surface area contributed by atoms with Gasteiger partial charge < -0.3 is 20.4 Å². The summed E-state index contributed by atoms with van der Waals surface area (Å²) in [7, 11) is 5.36. The maximum atomic E-state index is 12.1. The molecular formula is C22H30N6O2. The Hall–Kier alpha value is -3.00. The Labute approximate surface area is 177 Å². The van der Waals surface area contributed by atoms with Crippen molar-refractivity contribution in [2.24, 2.45) is 11.7 Å². The van der Waals surface area contributed by atoms with Crippen molar-refractivity contribution in [2.75, 3.05) is 45.7 Å². The minimum Gasteiger partial charge on any atom is -0.349 e. The van der Waals surface area contributed by atoms with Crippen LogP contribution in [0.3, 0.4) is 0 Å². The lowest BCUT2D eigenvalue weighted by molar-refractivity contribution is -0.133. The molecule has 2 amide bonds. The molecule has 1 aliphatic heterocycles. The second-order valence-electron chi connectivity index (χ2n) is 7.92. The van der Waals surface area contributed by atoms with Crippen LogP contribution < -0.4 is 10.6 Å². The van der Waals surface area contributed by atoms with Crippen LogP contribution in [0.5, 0.6) is 0 Å². The Morgan fingerprint density at radius 1 is 1.10 bits per heavy atom. The van der Waals surface area contributed by atoms with Gasteiger partial charge in [-0.15, -0.1) is 0 Å². The molecule has 0 unspecified atom stereocenters. The minimum atomic E-state index is -0.0934. The molecule has 2 heterocycles. The van der Waals surface area contributed by atoms with E-state index in [1.165, 1.54) is 0 Å². The van der Waals surface area contributed by atoms with Gasteiger partial charge in [0.2, 0.25) is 17.8 Å². The van der Waals surface area contributed by atoms with Crippen LogP contribution in [0.2, 0.25) is 0 Å². The largest absolute Gasteiger partial charge is 0.349 e. The van der Waals surface area contributed by atoms with E-state index < -0.39 is 0 Å². The topological polar surface area (TPSA) is 95.7 Å². The molecule has 1 aromatic heterocycles. The third-order valence-corrected chi connectivity index (χ3v) is 5.49. The average molecular weight is 411 g/mol. The first-order chi connectivity index (χ1) is 14.4. The van der Waals surface area contributed by atoms with Crippen LogP contribution in [0.25, 0.3) is 11.1 Å². The number of nitrogens with zero attached hydrogens (tertiary/aromatic N) is 5. The van der Waals surface area contributed by atoms with Crippen molar-refractivity contribution in [3.05, 3.63) is 42.2 Å². The molecule has 0 spiro atoms. The van der Waals surface area contributed by atoms with Gasteiger partial charge in [0.05, 0.1) is 6.54 Å².